The van der Waals surface area contributed by atoms with Crippen LogP contribution in [0.2, 0.25) is 0 Å². The van der Waals surface area contributed by atoms with E-state index in [2.05, 4.69) is 34.6 Å². The molecule has 0 saturated carbocycles. The van der Waals surface area contributed by atoms with Crippen LogP contribution in [0.5, 0.6) is 0 Å². The molecule has 0 amide bonds. The highest BCUT2D eigenvalue weighted by Crippen LogP contribution is 2.03. The lowest BCUT2D eigenvalue weighted by Gasteiger charge is -2.12. The third-order valence-corrected chi connectivity index (χ3v) is 3.02. The van der Waals surface area contributed by atoms with Gasteiger partial charge in [0.05, 0.1) is 12.7 Å². The van der Waals surface area contributed by atoms with Gasteiger partial charge in [0.25, 0.3) is 5.56 Å². The fourth-order valence-corrected chi connectivity index (χ4v) is 1.98. The van der Waals surface area contributed by atoms with E-state index >= 15 is 0 Å². The molecule has 0 saturated heterocycles. The van der Waals surface area contributed by atoms with Gasteiger partial charge in [-0.2, -0.15) is 5.10 Å². The van der Waals surface area contributed by atoms with Crippen LogP contribution in [0, 0.1) is 5.92 Å². The molecule has 1 unspecified atom stereocenters. The van der Waals surface area contributed by atoms with Crippen LogP contribution in [0.3, 0.4) is 0 Å². The van der Waals surface area contributed by atoms with Crippen LogP contribution in [-0.4, -0.2) is 37.9 Å². The van der Waals surface area contributed by atoms with E-state index in [9.17, 15) is 4.79 Å². The molecule has 0 bridgehead atoms. The predicted octanol–water partition coefficient (Wildman–Crippen LogP) is 0.161. The van der Waals surface area contributed by atoms with Crippen LogP contribution >= 0.6 is 0 Å². The Balaban J connectivity index is 2.13. The predicted molar refractivity (Wildman–Crippen MR) is 72.9 cm³/mol. The first kappa shape index (κ1) is 13.7. The van der Waals surface area contributed by atoms with Crippen molar-refractivity contribution in [3.63, 3.8) is 0 Å². The molecule has 2 heterocycles. The molecular weight excluding hydrogens is 244 g/mol. The van der Waals surface area contributed by atoms with Crippen molar-refractivity contribution < 1.29 is 0 Å². The van der Waals surface area contributed by atoms with Crippen LogP contribution in [-0.2, 0) is 13.6 Å². The molecule has 7 heteroatoms. The summed E-state index contributed by atoms with van der Waals surface area (Å²) in [6.45, 7) is 6.64. The molecule has 0 radical (unpaired) electrons. The summed E-state index contributed by atoms with van der Waals surface area (Å²) in [5.41, 5.74) is 0.401. The van der Waals surface area contributed by atoms with Crippen LogP contribution in [0.15, 0.2) is 11.0 Å². The summed E-state index contributed by atoms with van der Waals surface area (Å²) in [5.74, 6) is 0.327. The number of fused-ring (bicyclic) bond motifs is 1. The van der Waals surface area contributed by atoms with Gasteiger partial charge in [0.15, 0.2) is 5.65 Å². The maximum absolute atomic E-state index is 12.2. The monoisotopic (exact) mass is 264 g/mol. The zero-order valence-electron chi connectivity index (χ0n) is 11.6. The van der Waals surface area contributed by atoms with Crippen LogP contribution in [0.4, 0.5) is 0 Å². The summed E-state index contributed by atoms with van der Waals surface area (Å²) >= 11 is 0. The van der Waals surface area contributed by atoms with Gasteiger partial charge in [-0.25, -0.2) is 9.36 Å². The molecular formula is C12H20N6O. The second-order valence-electron chi connectivity index (χ2n) is 4.89. The normalized spacial score (nSPS) is 13.0. The molecule has 0 aromatic carbocycles. The number of rotatable bonds is 6. The van der Waals surface area contributed by atoms with Crippen molar-refractivity contribution in [1.29, 1.82) is 0 Å². The molecule has 19 heavy (non-hydrogen) atoms. The average molecular weight is 264 g/mol. The van der Waals surface area contributed by atoms with E-state index in [1.165, 1.54) is 4.68 Å². The third kappa shape index (κ3) is 2.98. The average Bonchev–Trinajstić information content (AvgIpc) is 2.76. The zero-order valence-corrected chi connectivity index (χ0v) is 11.6. The molecule has 104 valence electrons. The first-order valence-corrected chi connectivity index (χ1v) is 6.59. The number of hydrogen-bond donors (Lipinski definition) is 1. The van der Waals surface area contributed by atoms with E-state index < -0.39 is 0 Å². The Morgan fingerprint density at radius 3 is 3.00 bits per heavy atom. The van der Waals surface area contributed by atoms with E-state index in [1.807, 2.05) is 0 Å². The molecule has 0 aliphatic heterocycles. The number of aryl methyl sites for hydroxylation is 1. The van der Waals surface area contributed by atoms with Crippen molar-refractivity contribution in [1.82, 2.24) is 30.1 Å². The van der Waals surface area contributed by atoms with Gasteiger partial charge in [-0.1, -0.05) is 19.1 Å². The second-order valence-corrected chi connectivity index (χ2v) is 4.89. The number of nitrogens with zero attached hydrogens (tertiary/aromatic N) is 5. The smallest absolute Gasteiger partial charge is 0.280 e. The standard InChI is InChI=1S/C12H20N6O/c1-4-5-13-6-9(2)8-18-12(19)10-7-14-17(3)11(10)15-16-18/h7,9,13H,4-6,8H2,1-3H3. The van der Waals surface area contributed by atoms with Crippen molar-refractivity contribution in [2.75, 3.05) is 13.1 Å². The van der Waals surface area contributed by atoms with E-state index in [-0.39, 0.29) is 5.56 Å². The Labute approximate surface area is 111 Å². The fourth-order valence-electron chi connectivity index (χ4n) is 1.98. The Hall–Kier alpha value is -1.76. The van der Waals surface area contributed by atoms with Gasteiger partial charge in [0, 0.05) is 7.05 Å². The molecule has 2 aromatic rings. The lowest BCUT2D eigenvalue weighted by atomic mass is 10.2. The van der Waals surface area contributed by atoms with Gasteiger partial charge in [-0.05, 0) is 25.4 Å². The molecule has 2 rings (SSSR count). The minimum atomic E-state index is -0.125. The van der Waals surface area contributed by atoms with Crippen LogP contribution in [0.1, 0.15) is 20.3 Å². The minimum absolute atomic E-state index is 0.125. The Bertz CT molecular complexity index is 602. The topological polar surface area (TPSA) is 77.6 Å². The molecule has 7 nitrogen and oxygen atoms in total. The highest BCUT2D eigenvalue weighted by Gasteiger charge is 2.11. The molecule has 1 N–H and O–H groups in total. The van der Waals surface area contributed by atoms with E-state index in [4.69, 9.17) is 0 Å². The number of hydrogen-bond acceptors (Lipinski definition) is 5. The van der Waals surface area contributed by atoms with Crippen molar-refractivity contribution >= 4 is 11.0 Å². The molecule has 1 atom stereocenters. The van der Waals surface area contributed by atoms with Gasteiger partial charge < -0.3 is 5.32 Å². The molecule has 0 spiro atoms. The van der Waals surface area contributed by atoms with E-state index in [1.54, 1.807) is 17.9 Å². The van der Waals surface area contributed by atoms with Gasteiger partial charge in [-0.3, -0.25) is 4.79 Å². The summed E-state index contributed by atoms with van der Waals surface area (Å²) in [6.07, 6.45) is 2.65. The van der Waals surface area contributed by atoms with E-state index in [0.717, 1.165) is 19.5 Å². The van der Waals surface area contributed by atoms with Crippen LogP contribution < -0.4 is 10.9 Å². The van der Waals surface area contributed by atoms with Gasteiger partial charge in [0.2, 0.25) is 0 Å². The lowest BCUT2D eigenvalue weighted by Crippen LogP contribution is -2.31. The second kappa shape index (κ2) is 5.92. The first-order valence-electron chi connectivity index (χ1n) is 6.59. The zero-order chi connectivity index (χ0) is 13.8. The lowest BCUT2D eigenvalue weighted by molar-refractivity contribution is 0.402. The third-order valence-electron chi connectivity index (χ3n) is 3.02. The van der Waals surface area contributed by atoms with Gasteiger partial charge >= 0.3 is 0 Å². The van der Waals surface area contributed by atoms with Gasteiger partial charge in [-0.15, -0.1) is 5.10 Å². The highest BCUT2D eigenvalue weighted by molar-refractivity contribution is 5.72. The van der Waals surface area contributed by atoms with Crippen molar-refractivity contribution in [3.05, 3.63) is 16.6 Å². The largest absolute Gasteiger partial charge is 0.316 e. The summed E-state index contributed by atoms with van der Waals surface area (Å²) < 4.78 is 2.97. The minimum Gasteiger partial charge on any atom is -0.316 e. The number of nitrogens with one attached hydrogen (secondary N) is 1. The molecule has 0 fully saturated rings. The maximum Gasteiger partial charge on any atom is 0.280 e. The fraction of sp³-hybridized carbons (Fsp3) is 0.667. The van der Waals surface area contributed by atoms with Crippen molar-refractivity contribution in [2.24, 2.45) is 13.0 Å². The van der Waals surface area contributed by atoms with Crippen LogP contribution in [0.25, 0.3) is 11.0 Å². The first-order chi connectivity index (χ1) is 9.13. The number of aromatic nitrogens is 5. The van der Waals surface area contributed by atoms with Gasteiger partial charge in [0.1, 0.15) is 5.39 Å². The SMILES string of the molecule is CCCNCC(C)Cn1nnc2c(cnn2C)c1=O. The Morgan fingerprint density at radius 1 is 1.47 bits per heavy atom. The molecule has 0 aliphatic rings. The summed E-state index contributed by atoms with van der Waals surface area (Å²) in [5, 5.41) is 15.9. The summed E-state index contributed by atoms with van der Waals surface area (Å²) in [6, 6.07) is 0. The summed E-state index contributed by atoms with van der Waals surface area (Å²) in [4.78, 5) is 12.2. The molecule has 2 aromatic heterocycles. The Morgan fingerprint density at radius 2 is 2.26 bits per heavy atom. The summed E-state index contributed by atoms with van der Waals surface area (Å²) in [7, 11) is 1.75. The Kier molecular flexibility index (Phi) is 4.26. The van der Waals surface area contributed by atoms with E-state index in [0.29, 0.717) is 23.5 Å². The quantitative estimate of drug-likeness (QED) is 0.752. The maximum atomic E-state index is 12.2. The highest BCUT2D eigenvalue weighted by atomic mass is 16.1. The van der Waals surface area contributed by atoms with Crippen molar-refractivity contribution in [2.45, 2.75) is 26.8 Å². The molecule has 0 aliphatic carbocycles. The van der Waals surface area contributed by atoms with Crippen molar-refractivity contribution in [3.8, 4) is 0 Å².